The molecule has 1 saturated heterocycles. The molecule has 3 aromatic rings. The summed E-state index contributed by atoms with van der Waals surface area (Å²) in [4.78, 5) is 35.5. The SMILES string of the molecule is C[C@H](N[P@](=O)(Oc1ccccc1)OC1[C@H]2O[C@@H](n3cnc4c(=O)[nH]c(N)nc43)[C@H](O)[C@@]12C)C(=O)OC1CCCC1. The van der Waals surface area contributed by atoms with Gasteiger partial charge in [-0.05, 0) is 44.7 Å². The largest absolute Gasteiger partial charge is 0.461 e. The summed E-state index contributed by atoms with van der Waals surface area (Å²) in [5.41, 5.74) is 4.39. The lowest BCUT2D eigenvalue weighted by molar-refractivity contribution is -0.150. The molecule has 0 bridgehead atoms. The second-order valence-electron chi connectivity index (χ2n) is 10.7. The zero-order valence-corrected chi connectivity index (χ0v) is 22.8. The van der Waals surface area contributed by atoms with Crippen LogP contribution in [-0.4, -0.2) is 61.1 Å². The van der Waals surface area contributed by atoms with Crippen molar-refractivity contribution in [2.45, 2.75) is 76.2 Å². The number of fused-ring (bicyclic) bond motifs is 2. The van der Waals surface area contributed by atoms with Gasteiger partial charge in [0, 0.05) is 0 Å². The number of aromatic nitrogens is 4. The number of ether oxygens (including phenoxy) is 2. The molecule has 15 heteroatoms. The van der Waals surface area contributed by atoms with Gasteiger partial charge in [-0.1, -0.05) is 25.1 Å². The van der Waals surface area contributed by atoms with Crippen molar-refractivity contribution in [3.63, 3.8) is 0 Å². The van der Waals surface area contributed by atoms with Crippen LogP contribution in [0.25, 0.3) is 11.2 Å². The quantitative estimate of drug-likeness (QED) is 0.215. The van der Waals surface area contributed by atoms with Crippen molar-refractivity contribution in [3.8, 4) is 5.75 Å². The molecular formula is C25H31N6O8P. The normalized spacial score (nSPS) is 30.1. The van der Waals surface area contributed by atoms with Gasteiger partial charge < -0.3 is 24.8 Å². The minimum Gasteiger partial charge on any atom is -0.461 e. The van der Waals surface area contributed by atoms with E-state index in [-0.39, 0.29) is 29.0 Å². The van der Waals surface area contributed by atoms with E-state index in [1.165, 1.54) is 17.8 Å². The molecule has 2 aromatic heterocycles. The number of aromatic amines is 1. The summed E-state index contributed by atoms with van der Waals surface area (Å²) in [6.45, 7) is 3.26. The molecule has 0 amide bonds. The highest BCUT2D eigenvalue weighted by Crippen LogP contribution is 2.66. The van der Waals surface area contributed by atoms with Crippen molar-refractivity contribution >= 4 is 30.8 Å². The molecule has 6 rings (SSSR count). The van der Waals surface area contributed by atoms with Gasteiger partial charge >= 0.3 is 13.7 Å². The van der Waals surface area contributed by atoms with E-state index in [0.29, 0.717) is 0 Å². The summed E-state index contributed by atoms with van der Waals surface area (Å²) in [7, 11) is -4.18. The van der Waals surface area contributed by atoms with Crippen molar-refractivity contribution in [2.24, 2.45) is 5.41 Å². The Morgan fingerprint density at radius 3 is 2.73 bits per heavy atom. The predicted molar refractivity (Wildman–Crippen MR) is 141 cm³/mol. The average Bonchev–Trinajstić information content (AvgIpc) is 3.39. The first-order chi connectivity index (χ1) is 19.1. The minimum absolute atomic E-state index is 0.0481. The number of carbonyl (C=O) groups excluding carboxylic acids is 1. The lowest BCUT2D eigenvalue weighted by Gasteiger charge is -2.27. The molecule has 14 nitrogen and oxygen atoms in total. The molecule has 1 aromatic carbocycles. The van der Waals surface area contributed by atoms with Gasteiger partial charge in [-0.25, -0.2) is 9.55 Å². The molecule has 1 unspecified atom stereocenters. The van der Waals surface area contributed by atoms with E-state index in [0.717, 1.165) is 25.7 Å². The van der Waals surface area contributed by atoms with Crippen LogP contribution in [0.4, 0.5) is 5.95 Å². The zero-order valence-electron chi connectivity index (χ0n) is 21.9. The monoisotopic (exact) mass is 574 g/mol. The number of hydrogen-bond acceptors (Lipinski definition) is 11. The second kappa shape index (κ2) is 9.96. The van der Waals surface area contributed by atoms with Gasteiger partial charge in [-0.2, -0.15) is 10.1 Å². The molecule has 2 aliphatic carbocycles. The number of nitrogen functional groups attached to an aromatic ring is 1. The lowest BCUT2D eigenvalue weighted by Crippen LogP contribution is -2.38. The number of esters is 1. The molecule has 5 N–H and O–H groups in total. The maximum Gasteiger partial charge on any atom is 0.459 e. The fourth-order valence-electron chi connectivity index (χ4n) is 5.47. The number of para-hydroxylation sites is 1. The highest BCUT2D eigenvalue weighted by Gasteiger charge is 2.76. The van der Waals surface area contributed by atoms with Crippen LogP contribution in [0.2, 0.25) is 0 Å². The number of anilines is 1. The van der Waals surface area contributed by atoms with Crippen LogP contribution >= 0.6 is 7.75 Å². The minimum atomic E-state index is -4.18. The highest BCUT2D eigenvalue weighted by atomic mass is 31.2. The van der Waals surface area contributed by atoms with E-state index in [9.17, 15) is 19.3 Å². The number of nitrogens with one attached hydrogen (secondary N) is 2. The predicted octanol–water partition coefficient (Wildman–Crippen LogP) is 2.02. The van der Waals surface area contributed by atoms with Crippen molar-refractivity contribution < 1.29 is 33.0 Å². The molecule has 0 radical (unpaired) electrons. The summed E-state index contributed by atoms with van der Waals surface area (Å²) in [6, 6.07) is 7.43. The first-order valence-corrected chi connectivity index (χ1v) is 14.7. The Bertz CT molecular complexity index is 1520. The van der Waals surface area contributed by atoms with E-state index in [4.69, 9.17) is 24.3 Å². The Kier molecular flexibility index (Phi) is 6.70. The van der Waals surface area contributed by atoms with Gasteiger partial charge in [-0.15, -0.1) is 0 Å². The number of imidazole rings is 1. The molecular weight excluding hydrogens is 543 g/mol. The number of hydrogen-bond donors (Lipinski definition) is 4. The Balaban J connectivity index is 1.20. The average molecular weight is 575 g/mol. The van der Waals surface area contributed by atoms with Crippen molar-refractivity contribution in [2.75, 3.05) is 5.73 Å². The number of nitrogens with zero attached hydrogens (tertiary/aromatic N) is 3. The third kappa shape index (κ3) is 4.69. The van der Waals surface area contributed by atoms with E-state index in [1.54, 1.807) is 37.3 Å². The number of nitrogens with two attached hydrogens (primary N) is 1. The van der Waals surface area contributed by atoms with Gasteiger partial charge in [0.1, 0.15) is 30.1 Å². The Labute approximate surface area is 228 Å². The summed E-state index contributed by atoms with van der Waals surface area (Å²) in [5.74, 6) is -0.390. The van der Waals surface area contributed by atoms with E-state index >= 15 is 0 Å². The van der Waals surface area contributed by atoms with Crippen LogP contribution in [0.15, 0.2) is 41.5 Å². The van der Waals surface area contributed by atoms with Crippen molar-refractivity contribution in [1.29, 1.82) is 0 Å². The third-order valence-electron chi connectivity index (χ3n) is 7.82. The molecule has 1 aliphatic heterocycles. The van der Waals surface area contributed by atoms with Gasteiger partial charge in [0.25, 0.3) is 5.56 Å². The number of H-pyrrole nitrogens is 1. The maximum absolute atomic E-state index is 14.0. The maximum atomic E-state index is 14.0. The van der Waals surface area contributed by atoms with E-state index in [1.807, 2.05) is 0 Å². The highest BCUT2D eigenvalue weighted by molar-refractivity contribution is 7.52. The van der Waals surface area contributed by atoms with Crippen LogP contribution < -0.4 is 20.9 Å². The molecule has 3 heterocycles. The summed E-state index contributed by atoms with van der Waals surface area (Å²) in [5, 5.41) is 14.0. The number of benzene rings is 1. The summed E-state index contributed by atoms with van der Waals surface area (Å²) in [6.07, 6.45) is 1.16. The Morgan fingerprint density at radius 2 is 2.05 bits per heavy atom. The van der Waals surface area contributed by atoms with Crippen LogP contribution in [0.5, 0.6) is 5.75 Å². The number of carbonyl (C=O) groups is 1. The molecule has 0 spiro atoms. The van der Waals surface area contributed by atoms with Crippen molar-refractivity contribution in [3.05, 3.63) is 47.0 Å². The molecule has 3 fully saturated rings. The number of aliphatic hydroxyl groups excluding tert-OH is 1. The summed E-state index contributed by atoms with van der Waals surface area (Å²) >= 11 is 0. The van der Waals surface area contributed by atoms with Gasteiger partial charge in [0.15, 0.2) is 17.4 Å². The fourth-order valence-corrected chi connectivity index (χ4v) is 7.24. The smallest absolute Gasteiger partial charge is 0.459 e. The zero-order chi connectivity index (χ0) is 28.2. The third-order valence-corrected chi connectivity index (χ3v) is 9.48. The fraction of sp³-hybridized carbons (Fsp3) is 0.520. The van der Waals surface area contributed by atoms with Gasteiger partial charge in [0.05, 0.1) is 17.8 Å². The Morgan fingerprint density at radius 1 is 1.32 bits per heavy atom. The summed E-state index contributed by atoms with van der Waals surface area (Å²) < 4.78 is 38.9. The standard InChI is InChI=1S/C25H31N6O8P/c1-13(23(34)36-14-8-6-7-9-14)30-40(35,38-15-10-4-3-5-11-15)39-19-18-25(19,2)17(32)22(37-18)31-12-27-16-20(31)28-24(26)29-21(16)33/h3-5,10-14,17-19,22,32H,6-9H2,1-2H3,(H,30,35)(H3,26,28,29,33)/t13-,17-,18+,19?,22+,25+,40-/m0/s1. The molecule has 2 saturated carbocycles. The Hall–Kier alpha value is -3.29. The first kappa shape index (κ1) is 26.9. The van der Waals surface area contributed by atoms with Crippen molar-refractivity contribution in [1.82, 2.24) is 24.6 Å². The van der Waals surface area contributed by atoms with Crippen LogP contribution in [-0.2, 0) is 23.4 Å². The van der Waals surface area contributed by atoms with Crippen LogP contribution in [0, 0.1) is 5.41 Å². The lowest BCUT2D eigenvalue weighted by atomic mass is 10.0. The van der Waals surface area contributed by atoms with Crippen LogP contribution in [0.1, 0.15) is 45.8 Å². The number of rotatable bonds is 9. The molecule has 7 atom stereocenters. The second-order valence-corrected chi connectivity index (χ2v) is 12.3. The van der Waals surface area contributed by atoms with Gasteiger partial charge in [-0.3, -0.25) is 23.7 Å². The van der Waals surface area contributed by atoms with E-state index < -0.39 is 55.3 Å². The molecule has 40 heavy (non-hydrogen) atoms. The van der Waals surface area contributed by atoms with E-state index in [2.05, 4.69) is 20.0 Å². The molecule has 214 valence electrons. The first-order valence-electron chi connectivity index (χ1n) is 13.2. The van der Waals surface area contributed by atoms with Crippen LogP contribution in [0.3, 0.4) is 0 Å². The van der Waals surface area contributed by atoms with Gasteiger partial charge in [0.2, 0.25) is 5.95 Å². The molecule has 3 aliphatic rings. The number of aliphatic hydroxyl groups is 1. The topological polar surface area (TPSA) is 193 Å².